The van der Waals surface area contributed by atoms with Crippen molar-refractivity contribution in [2.45, 2.75) is 53.1 Å². The Bertz CT molecular complexity index is 331. The molecule has 0 amide bonds. The van der Waals surface area contributed by atoms with Gasteiger partial charge in [0.05, 0.1) is 13.2 Å². The van der Waals surface area contributed by atoms with Crippen LogP contribution >= 0.6 is 11.3 Å². The fourth-order valence-electron chi connectivity index (χ4n) is 1.09. The molecular formula is C12H23N3OS. The van der Waals surface area contributed by atoms with Gasteiger partial charge in [-0.2, -0.15) is 0 Å². The van der Waals surface area contributed by atoms with Crippen molar-refractivity contribution in [3.05, 3.63) is 5.01 Å². The summed E-state index contributed by atoms with van der Waals surface area (Å²) >= 11 is 1.52. The molecule has 0 aliphatic rings. The zero-order valence-corrected chi connectivity index (χ0v) is 12.2. The molecule has 0 atom stereocenters. The summed E-state index contributed by atoms with van der Waals surface area (Å²) in [5.74, 6) is 0.657. The first kappa shape index (κ1) is 14.4. The largest absolute Gasteiger partial charge is 0.469 e. The van der Waals surface area contributed by atoms with E-state index >= 15 is 0 Å². The average Bonchev–Trinajstić information content (AvgIpc) is 2.61. The van der Waals surface area contributed by atoms with Crippen LogP contribution in [0, 0.1) is 5.92 Å². The predicted octanol–water partition coefficient (Wildman–Crippen LogP) is 2.85. The van der Waals surface area contributed by atoms with E-state index in [0.29, 0.717) is 11.1 Å². The number of aromatic nitrogens is 2. The summed E-state index contributed by atoms with van der Waals surface area (Å²) in [4.78, 5) is 0. The van der Waals surface area contributed by atoms with Gasteiger partial charge in [0.15, 0.2) is 0 Å². The van der Waals surface area contributed by atoms with Crippen LogP contribution in [0.1, 0.15) is 46.0 Å². The number of hydrogen-bond acceptors (Lipinski definition) is 5. The number of ether oxygens (including phenoxy) is 1. The van der Waals surface area contributed by atoms with Crippen molar-refractivity contribution in [2.75, 3.05) is 6.61 Å². The van der Waals surface area contributed by atoms with E-state index in [2.05, 4.69) is 50.1 Å². The van der Waals surface area contributed by atoms with Crippen LogP contribution in [-0.4, -0.2) is 22.3 Å². The van der Waals surface area contributed by atoms with Gasteiger partial charge in [0.1, 0.15) is 5.01 Å². The molecule has 0 radical (unpaired) electrons. The third-order valence-electron chi connectivity index (χ3n) is 2.14. The van der Waals surface area contributed by atoms with Crippen molar-refractivity contribution in [1.82, 2.24) is 15.5 Å². The molecule has 0 aliphatic carbocycles. The van der Waals surface area contributed by atoms with Gasteiger partial charge in [-0.3, -0.25) is 0 Å². The van der Waals surface area contributed by atoms with E-state index in [0.717, 1.165) is 24.6 Å². The minimum Gasteiger partial charge on any atom is -0.469 e. The topological polar surface area (TPSA) is 47.0 Å². The molecule has 98 valence electrons. The number of nitrogens with one attached hydrogen (secondary N) is 1. The van der Waals surface area contributed by atoms with E-state index in [9.17, 15) is 0 Å². The quantitative estimate of drug-likeness (QED) is 0.851. The molecule has 1 aromatic rings. The molecule has 0 saturated carbocycles. The van der Waals surface area contributed by atoms with E-state index in [-0.39, 0.29) is 5.54 Å². The Morgan fingerprint density at radius 2 is 2.00 bits per heavy atom. The van der Waals surface area contributed by atoms with Crippen LogP contribution < -0.4 is 10.1 Å². The molecular weight excluding hydrogens is 234 g/mol. The Labute approximate surface area is 108 Å². The molecule has 1 rings (SSSR count). The molecule has 17 heavy (non-hydrogen) atoms. The summed E-state index contributed by atoms with van der Waals surface area (Å²) in [6, 6.07) is 0. The molecule has 0 bridgehead atoms. The highest BCUT2D eigenvalue weighted by atomic mass is 32.1. The smallest absolute Gasteiger partial charge is 0.294 e. The van der Waals surface area contributed by atoms with E-state index in [4.69, 9.17) is 4.74 Å². The van der Waals surface area contributed by atoms with Gasteiger partial charge in [-0.15, -0.1) is 10.2 Å². The summed E-state index contributed by atoms with van der Waals surface area (Å²) in [6.45, 7) is 12.2. The van der Waals surface area contributed by atoms with Gasteiger partial charge in [-0.05, 0) is 33.1 Å². The molecule has 4 nitrogen and oxygen atoms in total. The summed E-state index contributed by atoms with van der Waals surface area (Å²) in [6.07, 6.45) is 1.05. The Hall–Kier alpha value is -0.680. The lowest BCUT2D eigenvalue weighted by atomic mass is 10.1. The molecule has 0 unspecified atom stereocenters. The van der Waals surface area contributed by atoms with Gasteiger partial charge in [-0.1, -0.05) is 25.2 Å². The Morgan fingerprint density at radius 3 is 2.59 bits per heavy atom. The highest BCUT2D eigenvalue weighted by Gasteiger charge is 2.11. The van der Waals surface area contributed by atoms with Crippen LogP contribution in [0.25, 0.3) is 0 Å². The lowest BCUT2D eigenvalue weighted by Crippen LogP contribution is -2.35. The van der Waals surface area contributed by atoms with Crippen LogP contribution in [-0.2, 0) is 6.54 Å². The van der Waals surface area contributed by atoms with Crippen LogP contribution in [0.15, 0.2) is 0 Å². The summed E-state index contributed by atoms with van der Waals surface area (Å²) in [5, 5.41) is 13.1. The van der Waals surface area contributed by atoms with Crippen LogP contribution in [0.2, 0.25) is 0 Å². The Kier molecular flexibility index (Phi) is 5.33. The van der Waals surface area contributed by atoms with Crippen LogP contribution in [0.5, 0.6) is 5.19 Å². The van der Waals surface area contributed by atoms with E-state index in [1.54, 1.807) is 0 Å². The molecule has 0 fully saturated rings. The lowest BCUT2D eigenvalue weighted by Gasteiger charge is -2.19. The van der Waals surface area contributed by atoms with E-state index in [1.165, 1.54) is 11.3 Å². The summed E-state index contributed by atoms with van der Waals surface area (Å²) in [7, 11) is 0. The highest BCUT2D eigenvalue weighted by molar-refractivity contribution is 7.13. The zero-order valence-electron chi connectivity index (χ0n) is 11.4. The van der Waals surface area contributed by atoms with Crippen molar-refractivity contribution in [1.29, 1.82) is 0 Å². The molecule has 1 aromatic heterocycles. The molecule has 5 heteroatoms. The van der Waals surface area contributed by atoms with Crippen molar-refractivity contribution in [3.63, 3.8) is 0 Å². The van der Waals surface area contributed by atoms with Gasteiger partial charge in [0.25, 0.3) is 5.19 Å². The minimum absolute atomic E-state index is 0.102. The fraction of sp³-hybridized carbons (Fsp3) is 0.833. The van der Waals surface area contributed by atoms with Gasteiger partial charge in [-0.25, -0.2) is 0 Å². The van der Waals surface area contributed by atoms with Gasteiger partial charge in [0.2, 0.25) is 0 Å². The van der Waals surface area contributed by atoms with E-state index < -0.39 is 0 Å². The normalized spacial score (nSPS) is 12.1. The lowest BCUT2D eigenvalue weighted by molar-refractivity contribution is 0.286. The Balaban J connectivity index is 2.32. The molecule has 0 aromatic carbocycles. The summed E-state index contributed by atoms with van der Waals surface area (Å²) in [5.41, 5.74) is 0.102. The first-order valence-electron chi connectivity index (χ1n) is 6.07. The van der Waals surface area contributed by atoms with Gasteiger partial charge >= 0.3 is 0 Å². The first-order valence-corrected chi connectivity index (χ1v) is 6.88. The van der Waals surface area contributed by atoms with Crippen molar-refractivity contribution < 1.29 is 4.74 Å². The van der Waals surface area contributed by atoms with Crippen molar-refractivity contribution >= 4 is 11.3 Å². The maximum absolute atomic E-state index is 5.55. The predicted molar refractivity (Wildman–Crippen MR) is 71.5 cm³/mol. The molecule has 0 aliphatic heterocycles. The zero-order chi connectivity index (χ0) is 12.9. The summed E-state index contributed by atoms with van der Waals surface area (Å²) < 4.78 is 5.55. The second kappa shape index (κ2) is 6.31. The first-order chi connectivity index (χ1) is 7.87. The second-order valence-corrected chi connectivity index (χ2v) is 6.62. The van der Waals surface area contributed by atoms with Gasteiger partial charge < -0.3 is 10.1 Å². The third-order valence-corrected chi connectivity index (χ3v) is 2.97. The van der Waals surface area contributed by atoms with E-state index in [1.807, 2.05) is 0 Å². The SMILES string of the molecule is CC(C)CCOc1nnc(CNC(C)(C)C)s1. The third kappa shape index (κ3) is 6.58. The van der Waals surface area contributed by atoms with Gasteiger partial charge in [0, 0.05) is 5.54 Å². The number of nitrogens with zero attached hydrogens (tertiary/aromatic N) is 2. The molecule has 0 saturated heterocycles. The minimum atomic E-state index is 0.102. The second-order valence-electron chi connectivity index (χ2n) is 5.60. The number of hydrogen-bond donors (Lipinski definition) is 1. The van der Waals surface area contributed by atoms with Crippen LogP contribution in [0.4, 0.5) is 0 Å². The van der Waals surface area contributed by atoms with Crippen molar-refractivity contribution in [3.8, 4) is 5.19 Å². The molecule has 0 spiro atoms. The fourth-order valence-corrected chi connectivity index (χ4v) is 1.74. The molecule has 1 heterocycles. The number of rotatable bonds is 6. The van der Waals surface area contributed by atoms with Crippen LogP contribution in [0.3, 0.4) is 0 Å². The standard InChI is InChI=1S/C12H23N3OS/c1-9(2)6-7-16-11-15-14-10(17-11)8-13-12(3,4)5/h9,13H,6-8H2,1-5H3. The average molecular weight is 257 g/mol. The Morgan fingerprint density at radius 1 is 1.29 bits per heavy atom. The maximum atomic E-state index is 5.55. The highest BCUT2D eigenvalue weighted by Crippen LogP contribution is 2.18. The molecule has 1 N–H and O–H groups in total. The monoisotopic (exact) mass is 257 g/mol. The van der Waals surface area contributed by atoms with Crippen molar-refractivity contribution in [2.24, 2.45) is 5.92 Å². The maximum Gasteiger partial charge on any atom is 0.294 e.